The molecule has 0 amide bonds. The Hall–Kier alpha value is -3.00. The van der Waals surface area contributed by atoms with E-state index >= 15 is 0 Å². The normalized spacial score (nSPS) is 11.0. The maximum absolute atomic E-state index is 13.7. The Labute approximate surface area is 148 Å². The van der Waals surface area contributed by atoms with Crippen LogP contribution in [0.15, 0.2) is 47.6 Å². The summed E-state index contributed by atoms with van der Waals surface area (Å²) in [5.41, 5.74) is 1.07. The van der Waals surface area contributed by atoms with Gasteiger partial charge in [-0.25, -0.2) is 9.49 Å². The number of rotatable bonds is 5. The van der Waals surface area contributed by atoms with Crippen LogP contribution in [-0.4, -0.2) is 35.3 Å². The van der Waals surface area contributed by atoms with Crippen LogP contribution in [0, 0.1) is 10.6 Å². The lowest BCUT2D eigenvalue weighted by Crippen LogP contribution is -1.97. The largest absolute Gasteiger partial charge is 0.493 e. The maximum Gasteiger partial charge on any atom is 0.216 e. The van der Waals surface area contributed by atoms with Gasteiger partial charge in [-0.3, -0.25) is 0 Å². The zero-order valence-corrected chi connectivity index (χ0v) is 14.4. The van der Waals surface area contributed by atoms with Crippen LogP contribution in [0.4, 0.5) is 4.39 Å². The molecule has 8 heteroatoms. The fraction of sp³-hybridized carbons (Fsp3) is 0.118. The molecule has 2 aromatic carbocycles. The van der Waals surface area contributed by atoms with Crippen LogP contribution in [0.1, 0.15) is 5.56 Å². The summed E-state index contributed by atoms with van der Waals surface area (Å²) in [5, 5.41) is 11.1. The van der Waals surface area contributed by atoms with Crippen molar-refractivity contribution in [3.05, 3.63) is 58.6 Å². The van der Waals surface area contributed by atoms with Crippen molar-refractivity contribution >= 4 is 18.4 Å². The SMILES string of the molecule is COc1ccc(-c2n[nH]c(=S)n2/N=C/c2ccccc2F)cc1OC. The molecule has 0 atom stereocenters. The molecule has 6 nitrogen and oxygen atoms in total. The molecule has 0 fully saturated rings. The second kappa shape index (κ2) is 7.27. The molecule has 0 unspecified atom stereocenters. The first kappa shape index (κ1) is 16.8. The van der Waals surface area contributed by atoms with Crippen molar-refractivity contribution in [1.29, 1.82) is 0 Å². The number of ether oxygens (including phenoxy) is 2. The molecule has 0 bridgehead atoms. The molecular formula is C17H15FN4O2S. The zero-order chi connectivity index (χ0) is 17.8. The molecule has 0 spiro atoms. The Balaban J connectivity index is 2.03. The highest BCUT2D eigenvalue weighted by molar-refractivity contribution is 7.71. The van der Waals surface area contributed by atoms with Crippen molar-refractivity contribution < 1.29 is 13.9 Å². The summed E-state index contributed by atoms with van der Waals surface area (Å²) in [6, 6.07) is 11.7. The summed E-state index contributed by atoms with van der Waals surface area (Å²) in [6.45, 7) is 0. The average Bonchev–Trinajstić information content (AvgIpc) is 3.01. The van der Waals surface area contributed by atoms with E-state index in [1.54, 1.807) is 50.6 Å². The van der Waals surface area contributed by atoms with Crippen molar-refractivity contribution in [2.45, 2.75) is 0 Å². The van der Waals surface area contributed by atoms with Crippen LogP contribution in [0.3, 0.4) is 0 Å². The lowest BCUT2D eigenvalue weighted by molar-refractivity contribution is 0.355. The Morgan fingerprint density at radius 3 is 2.64 bits per heavy atom. The highest BCUT2D eigenvalue weighted by Gasteiger charge is 2.12. The van der Waals surface area contributed by atoms with Crippen molar-refractivity contribution in [2.75, 3.05) is 14.2 Å². The number of hydrogen-bond acceptors (Lipinski definition) is 5. The third kappa shape index (κ3) is 3.43. The van der Waals surface area contributed by atoms with Crippen molar-refractivity contribution in [3.63, 3.8) is 0 Å². The van der Waals surface area contributed by atoms with Crippen LogP contribution >= 0.6 is 12.2 Å². The van der Waals surface area contributed by atoms with Crippen LogP contribution in [0.5, 0.6) is 11.5 Å². The third-order valence-electron chi connectivity index (χ3n) is 3.51. The third-order valence-corrected chi connectivity index (χ3v) is 3.77. The van der Waals surface area contributed by atoms with E-state index in [9.17, 15) is 4.39 Å². The molecule has 3 rings (SSSR count). The van der Waals surface area contributed by atoms with Gasteiger partial charge >= 0.3 is 0 Å². The molecule has 0 saturated carbocycles. The molecule has 0 radical (unpaired) electrons. The van der Waals surface area contributed by atoms with E-state index in [1.807, 2.05) is 0 Å². The van der Waals surface area contributed by atoms with Crippen LogP contribution < -0.4 is 9.47 Å². The van der Waals surface area contributed by atoms with Crippen molar-refractivity contribution in [2.24, 2.45) is 5.10 Å². The predicted octanol–water partition coefficient (Wildman–Crippen LogP) is 3.65. The molecule has 25 heavy (non-hydrogen) atoms. The van der Waals surface area contributed by atoms with E-state index < -0.39 is 0 Å². The molecule has 1 heterocycles. The van der Waals surface area contributed by atoms with E-state index in [4.69, 9.17) is 21.7 Å². The van der Waals surface area contributed by atoms with Gasteiger partial charge in [0.15, 0.2) is 17.3 Å². The highest BCUT2D eigenvalue weighted by atomic mass is 32.1. The van der Waals surface area contributed by atoms with Crippen LogP contribution in [0.25, 0.3) is 11.4 Å². The van der Waals surface area contributed by atoms with Crippen molar-refractivity contribution in [3.8, 4) is 22.9 Å². The van der Waals surface area contributed by atoms with E-state index in [2.05, 4.69) is 15.3 Å². The molecule has 1 N–H and O–H groups in total. The summed E-state index contributed by atoms with van der Waals surface area (Å²) in [4.78, 5) is 0. The number of H-pyrrole nitrogens is 1. The Bertz CT molecular complexity index is 981. The number of aromatic nitrogens is 3. The van der Waals surface area contributed by atoms with Gasteiger partial charge in [-0.1, -0.05) is 18.2 Å². The van der Waals surface area contributed by atoms with Gasteiger partial charge in [-0.05, 0) is 36.5 Å². The molecule has 0 saturated heterocycles. The van der Waals surface area contributed by atoms with E-state index in [-0.39, 0.29) is 10.6 Å². The van der Waals surface area contributed by atoms with Gasteiger partial charge < -0.3 is 9.47 Å². The Morgan fingerprint density at radius 2 is 1.92 bits per heavy atom. The van der Waals surface area contributed by atoms with Crippen molar-refractivity contribution in [1.82, 2.24) is 14.9 Å². The summed E-state index contributed by atoms with van der Waals surface area (Å²) < 4.78 is 26.0. The lowest BCUT2D eigenvalue weighted by atomic mass is 10.2. The standard InChI is InChI=1S/C17H15FN4O2S/c1-23-14-8-7-11(9-15(14)24-2)16-20-21-17(25)22(16)19-10-12-5-3-4-6-13(12)18/h3-10H,1-2H3,(H,21,25)/b19-10+. The molecule has 3 aromatic rings. The number of nitrogens with one attached hydrogen (secondary N) is 1. The first-order valence-corrected chi connectivity index (χ1v) is 7.73. The summed E-state index contributed by atoms with van der Waals surface area (Å²) >= 11 is 5.21. The van der Waals surface area contributed by atoms with Gasteiger partial charge in [-0.2, -0.15) is 14.9 Å². The molecular weight excluding hydrogens is 343 g/mol. The fourth-order valence-electron chi connectivity index (χ4n) is 2.26. The highest BCUT2D eigenvalue weighted by Crippen LogP contribution is 2.31. The monoisotopic (exact) mass is 358 g/mol. The summed E-state index contributed by atoms with van der Waals surface area (Å²) in [5.74, 6) is 1.26. The second-order valence-corrected chi connectivity index (χ2v) is 5.39. The molecule has 0 aliphatic rings. The van der Waals surface area contributed by atoms with E-state index in [1.165, 1.54) is 17.0 Å². The molecule has 0 aliphatic carbocycles. The predicted molar refractivity (Wildman–Crippen MR) is 95.3 cm³/mol. The topological polar surface area (TPSA) is 64.4 Å². The summed E-state index contributed by atoms with van der Waals surface area (Å²) in [7, 11) is 3.11. The minimum Gasteiger partial charge on any atom is -0.493 e. The zero-order valence-electron chi connectivity index (χ0n) is 13.6. The van der Waals surface area contributed by atoms with Crippen LogP contribution in [-0.2, 0) is 0 Å². The second-order valence-electron chi connectivity index (χ2n) is 5.00. The number of methoxy groups -OCH3 is 2. The number of aromatic amines is 1. The Kier molecular flexibility index (Phi) is 4.90. The minimum absolute atomic E-state index is 0.289. The van der Waals surface area contributed by atoms with Gasteiger partial charge in [0.2, 0.25) is 4.77 Å². The fourth-order valence-corrected chi connectivity index (χ4v) is 2.44. The molecule has 1 aromatic heterocycles. The van der Waals surface area contributed by atoms with Gasteiger partial charge in [0.1, 0.15) is 5.82 Å². The van der Waals surface area contributed by atoms with Gasteiger partial charge in [0, 0.05) is 11.1 Å². The van der Waals surface area contributed by atoms with Gasteiger partial charge in [-0.15, -0.1) is 0 Å². The first-order chi connectivity index (χ1) is 12.1. The van der Waals surface area contributed by atoms with E-state index in [0.29, 0.717) is 22.9 Å². The van der Waals surface area contributed by atoms with Gasteiger partial charge in [0.25, 0.3) is 0 Å². The van der Waals surface area contributed by atoms with Crippen LogP contribution in [0.2, 0.25) is 0 Å². The first-order valence-electron chi connectivity index (χ1n) is 7.32. The van der Waals surface area contributed by atoms with E-state index in [0.717, 1.165) is 5.56 Å². The number of hydrogen-bond donors (Lipinski definition) is 1. The smallest absolute Gasteiger partial charge is 0.216 e. The summed E-state index contributed by atoms with van der Waals surface area (Å²) in [6.07, 6.45) is 1.39. The quantitative estimate of drug-likeness (QED) is 0.559. The number of nitrogens with zero attached hydrogens (tertiary/aromatic N) is 3. The lowest BCUT2D eigenvalue weighted by Gasteiger charge is -2.09. The number of benzene rings is 2. The molecule has 0 aliphatic heterocycles. The number of halogens is 1. The minimum atomic E-state index is -0.367. The Morgan fingerprint density at radius 1 is 1.16 bits per heavy atom. The molecule has 128 valence electrons. The average molecular weight is 358 g/mol. The van der Waals surface area contributed by atoms with Gasteiger partial charge in [0.05, 0.1) is 20.4 Å². The maximum atomic E-state index is 13.7.